The first kappa shape index (κ1) is 21.5. The molecule has 0 saturated carbocycles. The molecule has 0 heterocycles. The number of rotatable bonds is 9. The molecule has 25 heavy (non-hydrogen) atoms. The van der Waals surface area contributed by atoms with E-state index in [1.54, 1.807) is 10.8 Å². The minimum absolute atomic E-state index is 0.0979. The molecule has 0 bridgehead atoms. The number of benzene rings is 1. The second kappa shape index (κ2) is 10.5. The van der Waals surface area contributed by atoms with Gasteiger partial charge in [-0.05, 0) is 12.3 Å². The van der Waals surface area contributed by atoms with Gasteiger partial charge in [-0.1, -0.05) is 35.4 Å². The number of halogens is 4. The molecule has 1 aromatic rings. The van der Waals surface area contributed by atoms with Crippen molar-refractivity contribution in [3.05, 3.63) is 28.8 Å². The van der Waals surface area contributed by atoms with Gasteiger partial charge in [0.05, 0.1) is 0 Å². The Morgan fingerprint density at radius 3 is 2.20 bits per heavy atom. The van der Waals surface area contributed by atoms with Crippen molar-refractivity contribution in [2.24, 2.45) is 11.0 Å². The number of hydrogen-bond donors (Lipinski definition) is 1. The second-order valence-corrected chi connectivity index (χ2v) is 8.01. The lowest BCUT2D eigenvalue weighted by atomic mass is 10.1. The zero-order valence-electron chi connectivity index (χ0n) is 13.7. The first-order valence-electron chi connectivity index (χ1n) is 7.36. The molecule has 1 rings (SSSR count). The van der Waals surface area contributed by atoms with Gasteiger partial charge >= 0.3 is 0 Å². The van der Waals surface area contributed by atoms with E-state index in [1.807, 2.05) is 0 Å². The predicted molar refractivity (Wildman–Crippen MR) is 92.4 cm³/mol. The maximum atomic E-state index is 13.9. The lowest BCUT2D eigenvalue weighted by molar-refractivity contribution is -0.0645. The van der Waals surface area contributed by atoms with Crippen LogP contribution in [0.5, 0.6) is 0 Å². The number of nitrogens with zero attached hydrogens (tertiary/aromatic N) is 2. The van der Waals surface area contributed by atoms with Crippen LogP contribution in [0.25, 0.3) is 0 Å². The van der Waals surface area contributed by atoms with E-state index in [1.165, 1.54) is 10.8 Å². The van der Waals surface area contributed by atoms with Gasteiger partial charge in [-0.15, -0.1) is 0 Å². The summed E-state index contributed by atoms with van der Waals surface area (Å²) in [6.07, 6.45) is 1.05. The second-order valence-electron chi connectivity index (χ2n) is 5.30. The molecule has 0 radical (unpaired) electrons. The molecule has 4 nitrogen and oxygen atoms in total. The average molecular weight is 396 g/mol. The van der Waals surface area contributed by atoms with Crippen molar-refractivity contribution in [1.82, 2.24) is 5.32 Å². The van der Waals surface area contributed by atoms with E-state index in [2.05, 4.69) is 35.8 Å². The minimum atomic E-state index is -1.82. The molecule has 0 aliphatic rings. The van der Waals surface area contributed by atoms with Crippen molar-refractivity contribution >= 4 is 39.9 Å². The molecule has 0 aliphatic heterocycles. The highest BCUT2D eigenvalue weighted by atomic mass is 33.1. The first-order chi connectivity index (χ1) is 11.8. The topological polar surface area (TPSA) is 55.6 Å². The summed E-state index contributed by atoms with van der Waals surface area (Å²) < 4.78 is 55.1. The molecule has 1 N–H and O–H groups in total. The van der Waals surface area contributed by atoms with Crippen LogP contribution in [0.1, 0.15) is 30.6 Å². The number of carbonyl (C=O) groups is 1. The zero-order valence-corrected chi connectivity index (χ0v) is 15.4. The third kappa shape index (κ3) is 6.05. The van der Waals surface area contributed by atoms with Gasteiger partial charge in [0.2, 0.25) is 5.69 Å². The Balaban J connectivity index is 2.69. The molecule has 0 spiro atoms. The third-order valence-electron chi connectivity index (χ3n) is 2.97. The Morgan fingerprint density at radius 2 is 1.68 bits per heavy atom. The van der Waals surface area contributed by atoms with Crippen LogP contribution in [0.2, 0.25) is 0 Å². The lowest BCUT2D eigenvalue weighted by Gasteiger charge is -2.09. The summed E-state index contributed by atoms with van der Waals surface area (Å²) >= 11 is 0. The van der Waals surface area contributed by atoms with Gasteiger partial charge in [0.25, 0.3) is 12.6 Å². The van der Waals surface area contributed by atoms with Gasteiger partial charge in [0.1, 0.15) is 10.7 Å². The maximum absolute atomic E-state index is 13.9. The van der Waals surface area contributed by atoms with Gasteiger partial charge in [-0.3, -0.25) is 4.79 Å². The summed E-state index contributed by atoms with van der Waals surface area (Å²) in [5.74, 6) is -6.46. The molecule has 0 unspecified atom stereocenters. The highest BCUT2D eigenvalue weighted by Gasteiger charge is 2.31. The fourth-order valence-electron chi connectivity index (χ4n) is 1.67. The molecule has 1 aromatic carbocycles. The van der Waals surface area contributed by atoms with Gasteiger partial charge in [-0.25, -0.2) is 17.6 Å². The van der Waals surface area contributed by atoms with E-state index < -0.39 is 40.4 Å². The SMILES string of the molecule is C=[N+]=Nc1c(F)c(F)c(C(=O)NCCSSCCC(C)C)c(F)c1F. The van der Waals surface area contributed by atoms with E-state index in [0.29, 0.717) is 11.7 Å². The summed E-state index contributed by atoms with van der Waals surface area (Å²) in [6.45, 7) is 7.17. The van der Waals surface area contributed by atoms with Crippen molar-refractivity contribution in [1.29, 1.82) is 0 Å². The summed E-state index contributed by atoms with van der Waals surface area (Å²) in [7, 11) is 3.10. The Morgan fingerprint density at radius 1 is 1.12 bits per heavy atom. The van der Waals surface area contributed by atoms with Gasteiger partial charge in [-0.2, -0.15) is 0 Å². The standard InChI is InChI=1S/C15H17F4N3OS2/c1-8(2)4-6-24-25-7-5-21-15(23)9-10(16)12(18)14(22-20-3)13(19)11(9)17/h8H,3-7H2,1-2H3/p+1. The van der Waals surface area contributed by atoms with Crippen LogP contribution in [0.4, 0.5) is 23.2 Å². The van der Waals surface area contributed by atoms with E-state index in [4.69, 9.17) is 0 Å². The molecule has 0 fully saturated rings. The normalized spacial score (nSPS) is 10.7. The molecule has 138 valence electrons. The van der Waals surface area contributed by atoms with Crippen LogP contribution in [0.3, 0.4) is 0 Å². The number of hydrogen-bond acceptors (Lipinski definition) is 4. The van der Waals surface area contributed by atoms with Crippen molar-refractivity contribution in [2.75, 3.05) is 18.1 Å². The Bertz CT molecular complexity index is 650. The number of carbonyl (C=O) groups excluding carboxylic acids is 1. The Kier molecular flexibility index (Phi) is 9.02. The van der Waals surface area contributed by atoms with Crippen molar-refractivity contribution in [2.45, 2.75) is 20.3 Å². The third-order valence-corrected chi connectivity index (χ3v) is 5.41. The summed E-state index contributed by atoms with van der Waals surface area (Å²) in [4.78, 5) is 14.7. The van der Waals surface area contributed by atoms with Crippen LogP contribution in [0.15, 0.2) is 5.11 Å². The fourth-order valence-corrected chi connectivity index (χ4v) is 3.91. The summed E-state index contributed by atoms with van der Waals surface area (Å²) in [5.41, 5.74) is -2.59. The van der Waals surface area contributed by atoms with E-state index in [9.17, 15) is 22.4 Å². The van der Waals surface area contributed by atoms with Crippen molar-refractivity contribution in [3.8, 4) is 0 Å². The molecular weight excluding hydrogens is 378 g/mol. The van der Waals surface area contributed by atoms with Crippen LogP contribution in [-0.4, -0.2) is 35.5 Å². The quantitative estimate of drug-likeness (QED) is 0.128. The molecular formula is C15H18F4N3OS2+. The van der Waals surface area contributed by atoms with E-state index >= 15 is 0 Å². The molecule has 0 atom stereocenters. The molecule has 0 aromatic heterocycles. The highest BCUT2D eigenvalue weighted by molar-refractivity contribution is 8.76. The maximum Gasteiger partial charge on any atom is 0.296 e. The predicted octanol–water partition coefficient (Wildman–Crippen LogP) is 4.39. The first-order valence-corrected chi connectivity index (χ1v) is 9.85. The van der Waals surface area contributed by atoms with Crippen molar-refractivity contribution in [3.63, 3.8) is 0 Å². The highest BCUT2D eigenvalue weighted by Crippen LogP contribution is 2.30. The largest absolute Gasteiger partial charge is 0.351 e. The van der Waals surface area contributed by atoms with Gasteiger partial charge < -0.3 is 5.32 Å². The Labute approximate surface area is 151 Å². The van der Waals surface area contributed by atoms with Crippen LogP contribution >= 0.6 is 21.6 Å². The Hall–Kier alpha value is -1.51. The number of amides is 1. The van der Waals surface area contributed by atoms with E-state index in [-0.39, 0.29) is 6.54 Å². The fraction of sp³-hybridized carbons (Fsp3) is 0.467. The average Bonchev–Trinajstić information content (AvgIpc) is 2.56. The van der Waals surface area contributed by atoms with Gasteiger partial charge in [0.15, 0.2) is 23.3 Å². The molecule has 10 heteroatoms. The van der Waals surface area contributed by atoms with E-state index in [0.717, 1.165) is 12.2 Å². The monoisotopic (exact) mass is 396 g/mol. The molecule has 0 saturated heterocycles. The summed E-state index contributed by atoms with van der Waals surface area (Å²) in [5, 5.41) is 5.12. The number of nitrogens with one attached hydrogen (secondary N) is 1. The van der Waals surface area contributed by atoms with Crippen LogP contribution in [0, 0.1) is 29.2 Å². The lowest BCUT2D eigenvalue weighted by Crippen LogP contribution is -2.28. The molecule has 1 amide bonds. The van der Waals surface area contributed by atoms with Crippen LogP contribution < -0.4 is 5.32 Å². The molecule has 0 aliphatic carbocycles. The van der Waals surface area contributed by atoms with Crippen molar-refractivity contribution < 1.29 is 27.1 Å². The minimum Gasteiger partial charge on any atom is -0.351 e. The zero-order chi connectivity index (χ0) is 19.0. The smallest absolute Gasteiger partial charge is 0.296 e. The van der Waals surface area contributed by atoms with Gasteiger partial charge in [0, 0.05) is 22.8 Å². The summed E-state index contributed by atoms with van der Waals surface area (Å²) in [6, 6.07) is 0. The van der Waals surface area contributed by atoms with Crippen LogP contribution in [-0.2, 0) is 0 Å².